The Kier molecular flexibility index (Phi) is 6.90. The zero-order valence-electron chi connectivity index (χ0n) is 17.1. The van der Waals surface area contributed by atoms with Crippen LogP contribution in [0.2, 0.25) is 0 Å². The van der Waals surface area contributed by atoms with Crippen molar-refractivity contribution in [2.75, 3.05) is 26.3 Å². The molecule has 1 unspecified atom stereocenters. The van der Waals surface area contributed by atoms with Crippen LogP contribution in [0.1, 0.15) is 33.1 Å². The number of amides is 2. The fourth-order valence-electron chi connectivity index (χ4n) is 3.97. The number of hydrogen-bond acceptors (Lipinski definition) is 4. The molecule has 31 heavy (non-hydrogen) atoms. The number of nitrogens with zero attached hydrogens (tertiary/aromatic N) is 2. The Morgan fingerprint density at radius 1 is 1.03 bits per heavy atom. The standard InChI is InChI=1S/C20H23F5N2O4/c1-10(2)7-12-8-31-20(29)27(12)11-3-5-26(6-4-11)13(28)9-30-19-17(24)15(22)14(21)16(23)18(19)25/h10-12H,3-9H2,1-2H3. The van der Waals surface area contributed by atoms with Crippen molar-refractivity contribution in [1.29, 1.82) is 0 Å². The minimum atomic E-state index is -2.30. The topological polar surface area (TPSA) is 59.1 Å². The smallest absolute Gasteiger partial charge is 0.410 e. The van der Waals surface area contributed by atoms with Crippen molar-refractivity contribution in [3.63, 3.8) is 0 Å². The molecule has 2 aliphatic heterocycles. The molecular weight excluding hydrogens is 427 g/mol. The number of carbonyl (C=O) groups excluding carboxylic acids is 2. The summed E-state index contributed by atoms with van der Waals surface area (Å²) in [6, 6.07) is -0.142. The minimum absolute atomic E-state index is 0.0303. The molecule has 2 saturated heterocycles. The van der Waals surface area contributed by atoms with Crippen molar-refractivity contribution in [2.45, 2.75) is 45.2 Å². The molecule has 0 N–H and O–H groups in total. The van der Waals surface area contributed by atoms with Gasteiger partial charge in [-0.2, -0.15) is 8.78 Å². The first kappa shape index (κ1) is 23.1. The van der Waals surface area contributed by atoms with Crippen LogP contribution in [0.25, 0.3) is 0 Å². The zero-order chi connectivity index (χ0) is 22.9. The van der Waals surface area contributed by atoms with E-state index in [2.05, 4.69) is 4.74 Å². The van der Waals surface area contributed by atoms with Crippen LogP contribution in [0.3, 0.4) is 0 Å². The Labute approximate surface area is 175 Å². The Morgan fingerprint density at radius 3 is 2.13 bits per heavy atom. The summed E-state index contributed by atoms with van der Waals surface area (Å²) in [5.41, 5.74) is 0. The normalized spacial score (nSPS) is 19.9. The number of piperidine rings is 1. The van der Waals surface area contributed by atoms with E-state index in [1.54, 1.807) is 4.90 Å². The molecule has 6 nitrogen and oxygen atoms in total. The van der Waals surface area contributed by atoms with E-state index in [1.807, 2.05) is 13.8 Å². The third-order valence-corrected chi connectivity index (χ3v) is 5.47. The lowest BCUT2D eigenvalue weighted by Crippen LogP contribution is -2.50. The van der Waals surface area contributed by atoms with Gasteiger partial charge in [0.15, 0.2) is 12.4 Å². The maximum atomic E-state index is 13.7. The van der Waals surface area contributed by atoms with Crippen molar-refractivity contribution >= 4 is 12.0 Å². The van der Waals surface area contributed by atoms with E-state index in [0.29, 0.717) is 25.4 Å². The Hall–Kier alpha value is -2.59. The first-order valence-corrected chi connectivity index (χ1v) is 9.98. The van der Waals surface area contributed by atoms with Gasteiger partial charge in [0.2, 0.25) is 29.1 Å². The van der Waals surface area contributed by atoms with E-state index in [4.69, 9.17) is 4.74 Å². The summed E-state index contributed by atoms with van der Waals surface area (Å²) in [6.45, 7) is 4.04. The van der Waals surface area contributed by atoms with E-state index < -0.39 is 47.3 Å². The third-order valence-electron chi connectivity index (χ3n) is 5.47. The van der Waals surface area contributed by atoms with Gasteiger partial charge in [0, 0.05) is 19.1 Å². The van der Waals surface area contributed by atoms with Crippen molar-refractivity contribution in [3.05, 3.63) is 29.1 Å². The lowest BCUT2D eigenvalue weighted by Gasteiger charge is -2.38. The Morgan fingerprint density at radius 2 is 1.58 bits per heavy atom. The van der Waals surface area contributed by atoms with Gasteiger partial charge in [-0.1, -0.05) is 13.8 Å². The van der Waals surface area contributed by atoms with Crippen LogP contribution in [0.15, 0.2) is 0 Å². The molecule has 0 aromatic heterocycles. The predicted molar refractivity (Wildman–Crippen MR) is 97.8 cm³/mol. The van der Waals surface area contributed by atoms with E-state index in [9.17, 15) is 31.5 Å². The van der Waals surface area contributed by atoms with Crippen molar-refractivity contribution < 1.29 is 41.0 Å². The van der Waals surface area contributed by atoms with Gasteiger partial charge in [0.1, 0.15) is 6.61 Å². The molecule has 0 spiro atoms. The van der Waals surface area contributed by atoms with Gasteiger partial charge in [-0.05, 0) is 25.2 Å². The molecule has 0 bridgehead atoms. The molecular formula is C20H23F5N2O4. The first-order valence-electron chi connectivity index (χ1n) is 9.98. The third kappa shape index (κ3) is 4.69. The van der Waals surface area contributed by atoms with E-state index in [0.717, 1.165) is 6.42 Å². The number of carbonyl (C=O) groups is 2. The van der Waals surface area contributed by atoms with Crippen LogP contribution in [-0.4, -0.2) is 60.2 Å². The maximum absolute atomic E-state index is 13.7. The van der Waals surface area contributed by atoms with Gasteiger partial charge in [0.25, 0.3) is 5.91 Å². The van der Waals surface area contributed by atoms with Crippen molar-refractivity contribution in [2.24, 2.45) is 5.92 Å². The van der Waals surface area contributed by atoms with Gasteiger partial charge in [0.05, 0.1) is 6.04 Å². The van der Waals surface area contributed by atoms with Gasteiger partial charge >= 0.3 is 6.09 Å². The van der Waals surface area contributed by atoms with Crippen LogP contribution >= 0.6 is 0 Å². The van der Waals surface area contributed by atoms with E-state index >= 15 is 0 Å². The quantitative estimate of drug-likeness (QED) is 0.378. The summed E-state index contributed by atoms with van der Waals surface area (Å²) in [5, 5.41) is 0. The molecule has 0 saturated carbocycles. The van der Waals surface area contributed by atoms with Crippen molar-refractivity contribution in [1.82, 2.24) is 9.80 Å². The van der Waals surface area contributed by atoms with Crippen LogP contribution in [-0.2, 0) is 9.53 Å². The summed E-state index contributed by atoms with van der Waals surface area (Å²) in [5.74, 6) is -12.6. The molecule has 11 heteroatoms. The monoisotopic (exact) mass is 450 g/mol. The zero-order valence-corrected chi connectivity index (χ0v) is 17.1. The number of halogens is 5. The minimum Gasteiger partial charge on any atom is -0.477 e. The number of benzene rings is 1. The van der Waals surface area contributed by atoms with Gasteiger partial charge in [-0.3, -0.25) is 9.69 Å². The highest BCUT2D eigenvalue weighted by atomic mass is 19.2. The number of rotatable bonds is 6. The highest BCUT2D eigenvalue weighted by Gasteiger charge is 2.40. The summed E-state index contributed by atoms with van der Waals surface area (Å²) in [7, 11) is 0. The largest absolute Gasteiger partial charge is 0.477 e. The average Bonchev–Trinajstić information content (AvgIpc) is 3.10. The summed E-state index contributed by atoms with van der Waals surface area (Å²) in [6.07, 6.45) is 1.35. The van der Waals surface area contributed by atoms with Gasteiger partial charge < -0.3 is 14.4 Å². The highest BCUT2D eigenvalue weighted by Crippen LogP contribution is 2.30. The number of hydrogen-bond donors (Lipinski definition) is 0. The molecule has 1 aromatic rings. The Bertz CT molecular complexity index is 829. The fraction of sp³-hybridized carbons (Fsp3) is 0.600. The van der Waals surface area contributed by atoms with Crippen LogP contribution < -0.4 is 4.74 Å². The molecule has 3 rings (SSSR count). The molecule has 1 atom stereocenters. The highest BCUT2D eigenvalue weighted by molar-refractivity contribution is 5.78. The summed E-state index contributed by atoms with van der Waals surface area (Å²) in [4.78, 5) is 27.5. The second-order valence-corrected chi connectivity index (χ2v) is 8.07. The van der Waals surface area contributed by atoms with Gasteiger partial charge in [-0.15, -0.1) is 0 Å². The SMILES string of the molecule is CC(C)CC1COC(=O)N1C1CCN(C(=O)COc2c(F)c(F)c(F)c(F)c2F)CC1. The van der Waals surface area contributed by atoms with Crippen molar-refractivity contribution in [3.8, 4) is 5.75 Å². The maximum Gasteiger partial charge on any atom is 0.410 e. The van der Waals surface area contributed by atoms with E-state index in [1.165, 1.54) is 4.90 Å². The predicted octanol–water partition coefficient (Wildman–Crippen LogP) is 3.62. The average molecular weight is 450 g/mol. The van der Waals surface area contributed by atoms with Gasteiger partial charge in [-0.25, -0.2) is 18.0 Å². The molecule has 2 amide bonds. The molecule has 1 aromatic carbocycles. The lowest BCUT2D eigenvalue weighted by molar-refractivity contribution is -0.134. The first-order chi connectivity index (χ1) is 14.6. The fourth-order valence-corrected chi connectivity index (χ4v) is 3.97. The lowest BCUT2D eigenvalue weighted by atomic mass is 9.98. The molecule has 2 aliphatic rings. The molecule has 172 valence electrons. The van der Waals surface area contributed by atoms with E-state index in [-0.39, 0.29) is 31.3 Å². The summed E-state index contributed by atoms with van der Waals surface area (Å²) >= 11 is 0. The number of ether oxygens (including phenoxy) is 2. The number of likely N-dealkylation sites (tertiary alicyclic amines) is 1. The summed E-state index contributed by atoms with van der Waals surface area (Å²) < 4.78 is 76.7. The van der Waals surface area contributed by atoms with Crippen LogP contribution in [0, 0.1) is 35.0 Å². The second kappa shape index (κ2) is 9.27. The molecule has 2 heterocycles. The molecule has 0 aliphatic carbocycles. The molecule has 2 fully saturated rings. The second-order valence-electron chi connectivity index (χ2n) is 8.07. The number of cyclic esters (lactones) is 1. The molecule has 0 radical (unpaired) electrons. The van der Waals surface area contributed by atoms with Crippen LogP contribution in [0.5, 0.6) is 5.75 Å². The Balaban J connectivity index is 1.57. The van der Waals surface area contributed by atoms with Crippen LogP contribution in [0.4, 0.5) is 26.7 Å².